The van der Waals surface area contributed by atoms with E-state index in [1.807, 2.05) is 0 Å². The van der Waals surface area contributed by atoms with Gasteiger partial charge in [-0.1, -0.05) is 6.08 Å². The van der Waals surface area contributed by atoms with Crippen LogP contribution in [0.25, 0.3) is 0 Å². The molecule has 0 saturated carbocycles. The standard InChI is InChI=1S/C8H16O2/c1-4-5-7(9)6-8(2,3)10/h4,7,9-10H,1,5-6H2,2-3H3. The highest BCUT2D eigenvalue weighted by atomic mass is 16.3. The van der Waals surface area contributed by atoms with E-state index in [9.17, 15) is 5.11 Å². The van der Waals surface area contributed by atoms with Crippen molar-refractivity contribution in [1.82, 2.24) is 0 Å². The Bertz CT molecular complexity index is 102. The van der Waals surface area contributed by atoms with Gasteiger partial charge >= 0.3 is 0 Å². The number of hydrogen-bond donors (Lipinski definition) is 2. The maximum atomic E-state index is 9.22. The SMILES string of the molecule is C=CCC(O)CC(C)(C)O. The molecule has 0 aromatic heterocycles. The summed E-state index contributed by atoms with van der Waals surface area (Å²) in [5, 5.41) is 18.4. The molecule has 60 valence electrons. The van der Waals surface area contributed by atoms with Crippen molar-refractivity contribution in [1.29, 1.82) is 0 Å². The normalized spacial score (nSPS) is 14.8. The molecular formula is C8H16O2. The van der Waals surface area contributed by atoms with Crippen molar-refractivity contribution in [3.8, 4) is 0 Å². The number of rotatable bonds is 4. The van der Waals surface area contributed by atoms with Crippen LogP contribution in [0.4, 0.5) is 0 Å². The molecule has 0 rings (SSSR count). The van der Waals surface area contributed by atoms with Crippen LogP contribution in [0, 0.1) is 0 Å². The van der Waals surface area contributed by atoms with Crippen LogP contribution >= 0.6 is 0 Å². The lowest BCUT2D eigenvalue weighted by atomic mass is 9.99. The summed E-state index contributed by atoms with van der Waals surface area (Å²) >= 11 is 0. The van der Waals surface area contributed by atoms with E-state index in [1.54, 1.807) is 19.9 Å². The summed E-state index contributed by atoms with van der Waals surface area (Å²) in [6.45, 7) is 6.85. The molecule has 0 bridgehead atoms. The molecule has 0 spiro atoms. The third kappa shape index (κ3) is 5.79. The molecule has 0 saturated heterocycles. The minimum Gasteiger partial charge on any atom is -0.393 e. The topological polar surface area (TPSA) is 40.5 Å². The molecule has 0 aromatic rings. The van der Waals surface area contributed by atoms with E-state index in [0.717, 1.165) is 0 Å². The van der Waals surface area contributed by atoms with Gasteiger partial charge in [0.25, 0.3) is 0 Å². The van der Waals surface area contributed by atoms with Crippen LogP contribution in [0.5, 0.6) is 0 Å². The molecule has 0 heterocycles. The largest absolute Gasteiger partial charge is 0.393 e. The highest BCUT2D eigenvalue weighted by molar-refractivity contribution is 4.77. The minimum absolute atomic E-state index is 0.402. The molecule has 0 fully saturated rings. The maximum Gasteiger partial charge on any atom is 0.0616 e. The first-order valence-corrected chi connectivity index (χ1v) is 3.47. The van der Waals surface area contributed by atoms with Gasteiger partial charge in [0.1, 0.15) is 0 Å². The Balaban J connectivity index is 3.56. The fourth-order valence-corrected chi connectivity index (χ4v) is 0.852. The lowest BCUT2D eigenvalue weighted by molar-refractivity contribution is 0.0198. The molecule has 2 N–H and O–H groups in total. The Morgan fingerprint density at radius 1 is 1.60 bits per heavy atom. The second-order valence-electron chi connectivity index (χ2n) is 3.19. The fourth-order valence-electron chi connectivity index (χ4n) is 0.852. The molecule has 0 aliphatic carbocycles. The lowest BCUT2D eigenvalue weighted by Gasteiger charge is -2.19. The number of aliphatic hydroxyl groups is 2. The highest BCUT2D eigenvalue weighted by Crippen LogP contribution is 2.12. The van der Waals surface area contributed by atoms with E-state index in [-0.39, 0.29) is 0 Å². The van der Waals surface area contributed by atoms with Crippen LogP contribution in [-0.4, -0.2) is 21.9 Å². The maximum absolute atomic E-state index is 9.22. The predicted octanol–water partition coefficient (Wildman–Crippen LogP) is 1.08. The quantitative estimate of drug-likeness (QED) is 0.580. The number of hydrogen-bond acceptors (Lipinski definition) is 2. The van der Waals surface area contributed by atoms with E-state index in [2.05, 4.69) is 6.58 Å². The van der Waals surface area contributed by atoms with E-state index < -0.39 is 11.7 Å². The molecule has 0 aromatic carbocycles. The molecule has 2 nitrogen and oxygen atoms in total. The lowest BCUT2D eigenvalue weighted by Crippen LogP contribution is -2.25. The van der Waals surface area contributed by atoms with E-state index in [0.29, 0.717) is 12.8 Å². The molecule has 1 atom stereocenters. The first kappa shape index (κ1) is 9.66. The molecule has 1 unspecified atom stereocenters. The van der Waals surface area contributed by atoms with Gasteiger partial charge < -0.3 is 10.2 Å². The van der Waals surface area contributed by atoms with Crippen molar-refractivity contribution < 1.29 is 10.2 Å². The van der Waals surface area contributed by atoms with Crippen LogP contribution in [-0.2, 0) is 0 Å². The van der Waals surface area contributed by atoms with E-state index >= 15 is 0 Å². The van der Waals surface area contributed by atoms with Crippen molar-refractivity contribution in [2.75, 3.05) is 0 Å². The van der Waals surface area contributed by atoms with Gasteiger partial charge in [0.05, 0.1) is 11.7 Å². The summed E-state index contributed by atoms with van der Waals surface area (Å²) in [5.41, 5.74) is -0.775. The first-order chi connectivity index (χ1) is 4.45. The van der Waals surface area contributed by atoms with Crippen molar-refractivity contribution >= 4 is 0 Å². The van der Waals surface area contributed by atoms with Gasteiger partial charge in [-0.25, -0.2) is 0 Å². The zero-order chi connectivity index (χ0) is 8.20. The third-order valence-corrected chi connectivity index (χ3v) is 1.17. The summed E-state index contributed by atoms with van der Waals surface area (Å²) in [7, 11) is 0. The number of aliphatic hydroxyl groups excluding tert-OH is 1. The minimum atomic E-state index is -0.775. The van der Waals surface area contributed by atoms with Crippen molar-refractivity contribution in [2.45, 2.75) is 38.4 Å². The Labute approximate surface area is 62.2 Å². The second kappa shape index (κ2) is 3.74. The second-order valence-corrected chi connectivity index (χ2v) is 3.19. The van der Waals surface area contributed by atoms with Gasteiger partial charge in [-0.15, -0.1) is 6.58 Å². The summed E-state index contributed by atoms with van der Waals surface area (Å²) in [5.74, 6) is 0. The molecule has 0 amide bonds. The monoisotopic (exact) mass is 144 g/mol. The van der Waals surface area contributed by atoms with Crippen LogP contribution < -0.4 is 0 Å². The highest BCUT2D eigenvalue weighted by Gasteiger charge is 2.16. The predicted molar refractivity (Wildman–Crippen MR) is 41.7 cm³/mol. The first-order valence-electron chi connectivity index (χ1n) is 3.47. The molecule has 0 aliphatic heterocycles. The van der Waals surface area contributed by atoms with Gasteiger partial charge in [-0.3, -0.25) is 0 Å². The van der Waals surface area contributed by atoms with Crippen molar-refractivity contribution in [3.63, 3.8) is 0 Å². The van der Waals surface area contributed by atoms with Gasteiger partial charge in [0, 0.05) is 6.42 Å². The van der Waals surface area contributed by atoms with Crippen LogP contribution in [0.15, 0.2) is 12.7 Å². The van der Waals surface area contributed by atoms with Crippen LogP contribution in [0.2, 0.25) is 0 Å². The van der Waals surface area contributed by atoms with E-state index in [1.165, 1.54) is 0 Å². The average Bonchev–Trinajstić information content (AvgIpc) is 1.59. The van der Waals surface area contributed by atoms with Crippen LogP contribution in [0.3, 0.4) is 0 Å². The summed E-state index contributed by atoms with van der Waals surface area (Å²) < 4.78 is 0. The Hall–Kier alpha value is -0.340. The molecule has 0 aliphatic rings. The smallest absolute Gasteiger partial charge is 0.0616 e. The van der Waals surface area contributed by atoms with E-state index in [4.69, 9.17) is 5.11 Å². The Kier molecular flexibility index (Phi) is 3.61. The third-order valence-electron chi connectivity index (χ3n) is 1.17. The van der Waals surface area contributed by atoms with Crippen molar-refractivity contribution in [2.24, 2.45) is 0 Å². The Morgan fingerprint density at radius 2 is 2.10 bits per heavy atom. The molecule has 2 heteroatoms. The molecule has 0 radical (unpaired) electrons. The van der Waals surface area contributed by atoms with Gasteiger partial charge in [0.2, 0.25) is 0 Å². The van der Waals surface area contributed by atoms with Crippen LogP contribution in [0.1, 0.15) is 26.7 Å². The molecular weight excluding hydrogens is 128 g/mol. The van der Waals surface area contributed by atoms with Crippen molar-refractivity contribution in [3.05, 3.63) is 12.7 Å². The fraction of sp³-hybridized carbons (Fsp3) is 0.750. The summed E-state index contributed by atoms with van der Waals surface area (Å²) in [6, 6.07) is 0. The zero-order valence-corrected chi connectivity index (χ0v) is 6.67. The Morgan fingerprint density at radius 3 is 2.40 bits per heavy atom. The average molecular weight is 144 g/mol. The summed E-state index contributed by atoms with van der Waals surface area (Å²) in [6.07, 6.45) is 2.14. The van der Waals surface area contributed by atoms with Gasteiger partial charge in [-0.05, 0) is 20.3 Å². The zero-order valence-electron chi connectivity index (χ0n) is 6.67. The van der Waals surface area contributed by atoms with Gasteiger partial charge in [0.15, 0.2) is 0 Å². The van der Waals surface area contributed by atoms with Gasteiger partial charge in [-0.2, -0.15) is 0 Å². The summed E-state index contributed by atoms with van der Waals surface area (Å²) in [4.78, 5) is 0. The molecule has 10 heavy (non-hydrogen) atoms.